The molecule has 1 aromatic carbocycles. The Bertz CT molecular complexity index is 589. The quantitative estimate of drug-likeness (QED) is 0.582. The van der Waals surface area contributed by atoms with Crippen LogP contribution < -0.4 is 5.56 Å². The molecule has 0 saturated heterocycles. The summed E-state index contributed by atoms with van der Waals surface area (Å²) in [6.45, 7) is 2.78. The van der Waals surface area contributed by atoms with Gasteiger partial charge >= 0.3 is 0 Å². The van der Waals surface area contributed by atoms with Crippen molar-refractivity contribution in [1.29, 1.82) is 0 Å². The second-order valence-corrected chi connectivity index (χ2v) is 5.94. The third-order valence-corrected chi connectivity index (χ3v) is 4.36. The van der Waals surface area contributed by atoms with E-state index in [0.29, 0.717) is 0 Å². The summed E-state index contributed by atoms with van der Waals surface area (Å²) in [5.74, 6) is 0. The first-order valence-corrected chi connectivity index (χ1v) is 7.65. The van der Waals surface area contributed by atoms with Gasteiger partial charge in [-0.15, -0.1) is 0 Å². The lowest BCUT2D eigenvalue weighted by Crippen LogP contribution is -2.20. The molecule has 2 rings (SSSR count). The Balaban J connectivity index is 1.86. The minimum Gasteiger partial charge on any atom is -0.314 e. The molecule has 3 heteroatoms. The number of hydrogen-bond acceptors (Lipinski definition) is 1. The van der Waals surface area contributed by atoms with E-state index in [0.717, 1.165) is 34.9 Å². The number of aromatic nitrogens is 1. The lowest BCUT2D eigenvalue weighted by atomic mass is 10.1. The lowest BCUT2D eigenvalue weighted by molar-refractivity contribution is 0.591. The van der Waals surface area contributed by atoms with Crippen molar-refractivity contribution in [2.45, 2.75) is 32.7 Å². The highest BCUT2D eigenvalue weighted by Crippen LogP contribution is 2.09. The minimum atomic E-state index is 0.109. The first-order valence-electron chi connectivity index (χ1n) is 6.57. The smallest absolute Gasteiger partial charge is 0.250 e. The molecule has 0 aliphatic heterocycles. The van der Waals surface area contributed by atoms with Gasteiger partial charge in [0.1, 0.15) is 0 Å². The Kier molecular flexibility index (Phi) is 5.19. The molecule has 1 aromatic heterocycles. The molecule has 19 heavy (non-hydrogen) atoms. The maximum Gasteiger partial charge on any atom is 0.250 e. The fourth-order valence-corrected chi connectivity index (χ4v) is 2.56. The third kappa shape index (κ3) is 4.20. The SMILES string of the molecule is Cc1cc(=O)n(CCCCc2ccccc2)cc1I. The average Bonchev–Trinajstić information content (AvgIpc) is 2.41. The molecule has 100 valence electrons. The van der Waals surface area contributed by atoms with Crippen molar-refractivity contribution in [3.63, 3.8) is 0 Å². The van der Waals surface area contributed by atoms with E-state index in [1.54, 1.807) is 6.07 Å². The van der Waals surface area contributed by atoms with Gasteiger partial charge < -0.3 is 4.57 Å². The fraction of sp³-hybridized carbons (Fsp3) is 0.312. The van der Waals surface area contributed by atoms with Gasteiger partial charge in [0.25, 0.3) is 5.56 Å². The van der Waals surface area contributed by atoms with Gasteiger partial charge in [0.2, 0.25) is 0 Å². The summed E-state index contributed by atoms with van der Waals surface area (Å²) >= 11 is 2.28. The summed E-state index contributed by atoms with van der Waals surface area (Å²) in [6, 6.07) is 12.2. The molecule has 0 radical (unpaired) electrons. The Morgan fingerprint density at radius 3 is 2.63 bits per heavy atom. The number of unbranched alkanes of at least 4 members (excludes halogenated alkanes) is 1. The second kappa shape index (κ2) is 6.89. The Morgan fingerprint density at radius 1 is 1.16 bits per heavy atom. The zero-order valence-corrected chi connectivity index (χ0v) is 13.3. The summed E-state index contributed by atoms with van der Waals surface area (Å²) in [5, 5.41) is 0. The van der Waals surface area contributed by atoms with Crippen molar-refractivity contribution in [3.05, 3.63) is 67.6 Å². The highest BCUT2D eigenvalue weighted by molar-refractivity contribution is 14.1. The van der Waals surface area contributed by atoms with Gasteiger partial charge in [-0.25, -0.2) is 0 Å². The second-order valence-electron chi connectivity index (χ2n) is 4.78. The van der Waals surface area contributed by atoms with Crippen LogP contribution in [-0.4, -0.2) is 4.57 Å². The van der Waals surface area contributed by atoms with Gasteiger partial charge in [-0.2, -0.15) is 0 Å². The summed E-state index contributed by atoms with van der Waals surface area (Å²) in [7, 11) is 0. The molecule has 1 heterocycles. The highest BCUT2D eigenvalue weighted by atomic mass is 127. The number of hydrogen-bond donors (Lipinski definition) is 0. The fourth-order valence-electron chi connectivity index (χ4n) is 2.07. The van der Waals surface area contributed by atoms with Crippen LogP contribution in [-0.2, 0) is 13.0 Å². The standard InChI is InChI=1S/C16H18INO/c1-13-11-16(19)18(12-15(13)17)10-6-5-9-14-7-3-2-4-8-14/h2-4,7-8,11-12H,5-6,9-10H2,1H3. The van der Waals surface area contributed by atoms with Crippen molar-refractivity contribution < 1.29 is 0 Å². The molecule has 0 atom stereocenters. The topological polar surface area (TPSA) is 22.0 Å². The highest BCUT2D eigenvalue weighted by Gasteiger charge is 2.01. The largest absolute Gasteiger partial charge is 0.314 e. The summed E-state index contributed by atoms with van der Waals surface area (Å²) in [4.78, 5) is 11.8. The monoisotopic (exact) mass is 367 g/mol. The first kappa shape index (κ1) is 14.3. The van der Waals surface area contributed by atoms with Crippen LogP contribution in [0.15, 0.2) is 47.4 Å². The van der Waals surface area contributed by atoms with E-state index in [-0.39, 0.29) is 5.56 Å². The zero-order chi connectivity index (χ0) is 13.7. The Labute approximate surface area is 127 Å². The van der Waals surface area contributed by atoms with Crippen LogP contribution in [0.5, 0.6) is 0 Å². The number of rotatable bonds is 5. The Hall–Kier alpha value is -1.10. The van der Waals surface area contributed by atoms with Crippen LogP contribution in [0.3, 0.4) is 0 Å². The minimum absolute atomic E-state index is 0.109. The number of pyridine rings is 1. The molecule has 0 amide bonds. The van der Waals surface area contributed by atoms with E-state index >= 15 is 0 Å². The van der Waals surface area contributed by atoms with Crippen LogP contribution in [0.2, 0.25) is 0 Å². The van der Waals surface area contributed by atoms with Gasteiger partial charge in [0.05, 0.1) is 0 Å². The van der Waals surface area contributed by atoms with E-state index in [2.05, 4.69) is 46.9 Å². The van der Waals surface area contributed by atoms with Crippen molar-refractivity contribution in [2.24, 2.45) is 0 Å². The molecule has 0 bridgehead atoms. The number of benzene rings is 1. The Morgan fingerprint density at radius 2 is 1.89 bits per heavy atom. The number of halogens is 1. The van der Waals surface area contributed by atoms with E-state index < -0.39 is 0 Å². The van der Waals surface area contributed by atoms with Gasteiger partial charge in [0, 0.05) is 22.4 Å². The van der Waals surface area contributed by atoms with E-state index in [1.807, 2.05) is 23.8 Å². The lowest BCUT2D eigenvalue weighted by Gasteiger charge is -2.07. The van der Waals surface area contributed by atoms with Gasteiger partial charge in [-0.05, 0) is 59.9 Å². The van der Waals surface area contributed by atoms with Gasteiger partial charge in [-0.3, -0.25) is 4.79 Å². The molecule has 2 nitrogen and oxygen atoms in total. The van der Waals surface area contributed by atoms with Crippen molar-refractivity contribution >= 4 is 22.6 Å². The number of nitrogens with zero attached hydrogens (tertiary/aromatic N) is 1. The van der Waals surface area contributed by atoms with Crippen molar-refractivity contribution in [3.8, 4) is 0 Å². The third-order valence-electron chi connectivity index (χ3n) is 3.23. The van der Waals surface area contributed by atoms with Crippen molar-refractivity contribution in [1.82, 2.24) is 4.57 Å². The molecule has 0 N–H and O–H groups in total. The molecule has 0 aliphatic rings. The summed E-state index contributed by atoms with van der Waals surface area (Å²) in [5.41, 5.74) is 2.54. The van der Waals surface area contributed by atoms with E-state index in [4.69, 9.17) is 0 Å². The number of aryl methyl sites for hydroxylation is 3. The van der Waals surface area contributed by atoms with Crippen molar-refractivity contribution in [2.75, 3.05) is 0 Å². The predicted molar refractivity (Wildman–Crippen MR) is 87.5 cm³/mol. The van der Waals surface area contributed by atoms with Crippen LogP contribution in [0.25, 0.3) is 0 Å². The maximum absolute atomic E-state index is 11.8. The average molecular weight is 367 g/mol. The normalized spacial score (nSPS) is 10.6. The molecule has 2 aromatic rings. The van der Waals surface area contributed by atoms with E-state index in [9.17, 15) is 4.79 Å². The van der Waals surface area contributed by atoms with Gasteiger partial charge in [0.15, 0.2) is 0 Å². The summed E-state index contributed by atoms with van der Waals surface area (Å²) < 4.78 is 2.97. The molecule has 0 unspecified atom stereocenters. The molecular formula is C16H18INO. The van der Waals surface area contributed by atoms with Crippen LogP contribution in [0.4, 0.5) is 0 Å². The summed E-state index contributed by atoms with van der Waals surface area (Å²) in [6.07, 6.45) is 5.19. The molecular weight excluding hydrogens is 349 g/mol. The van der Waals surface area contributed by atoms with Crippen LogP contribution >= 0.6 is 22.6 Å². The molecule has 0 spiro atoms. The van der Waals surface area contributed by atoms with Crippen LogP contribution in [0, 0.1) is 10.5 Å². The van der Waals surface area contributed by atoms with Crippen LogP contribution in [0.1, 0.15) is 24.0 Å². The van der Waals surface area contributed by atoms with E-state index in [1.165, 1.54) is 5.56 Å². The maximum atomic E-state index is 11.8. The molecule has 0 aliphatic carbocycles. The first-order chi connectivity index (χ1) is 9.16. The van der Waals surface area contributed by atoms with Gasteiger partial charge in [-0.1, -0.05) is 30.3 Å². The predicted octanol–water partition coefficient (Wildman–Crippen LogP) is 3.78. The molecule has 0 fully saturated rings. The molecule has 0 saturated carbocycles. The zero-order valence-electron chi connectivity index (χ0n) is 11.1.